The van der Waals surface area contributed by atoms with Crippen LogP contribution in [-0.4, -0.2) is 22.9 Å². The van der Waals surface area contributed by atoms with E-state index in [2.05, 4.69) is 10.3 Å². The highest BCUT2D eigenvalue weighted by atomic mass is 35.5. The van der Waals surface area contributed by atoms with E-state index < -0.39 is 23.5 Å². The van der Waals surface area contributed by atoms with Gasteiger partial charge in [0.1, 0.15) is 11.2 Å². The van der Waals surface area contributed by atoms with Gasteiger partial charge < -0.3 is 29.0 Å². The summed E-state index contributed by atoms with van der Waals surface area (Å²) in [5.41, 5.74) is 5.01. The fourth-order valence-electron chi connectivity index (χ4n) is 5.37. The molecule has 3 aromatic carbocycles. The van der Waals surface area contributed by atoms with Crippen molar-refractivity contribution in [2.45, 2.75) is 32.7 Å². The van der Waals surface area contributed by atoms with E-state index in [-0.39, 0.29) is 18.4 Å². The van der Waals surface area contributed by atoms with Crippen LogP contribution in [0.3, 0.4) is 0 Å². The monoisotopic (exact) mass is 567 g/mol. The SMILES string of the molecule is Cc1c(CC(=O)N[C@@H](Cc2c[nH]c3ccccc23)C(=O)[O-])c(=O)oc2c(C)c3occ(-c4ccc(Cl)cc4)c3cc12. The number of aromatic nitrogens is 1. The van der Waals surface area contributed by atoms with Crippen LogP contribution >= 0.6 is 11.6 Å². The molecule has 6 rings (SSSR count). The standard InChI is InChI=1S/C32H25ClN2O6/c1-16-22-12-24-25(18-7-9-20(33)10-8-18)15-40-29(24)17(2)30(22)41-32(39)23(16)13-28(36)35-27(31(37)38)11-19-14-34-26-6-4-3-5-21(19)26/h3-10,12,14-15,27,34H,11,13H2,1-2H3,(H,35,36)(H,37,38)/p-1/t27-/m0/s1. The van der Waals surface area contributed by atoms with Crippen LogP contribution in [-0.2, 0) is 22.4 Å². The summed E-state index contributed by atoms with van der Waals surface area (Å²) < 4.78 is 11.5. The number of amides is 1. The van der Waals surface area contributed by atoms with Crippen molar-refractivity contribution in [3.05, 3.63) is 105 Å². The minimum absolute atomic E-state index is 0.0224. The number of furan rings is 1. The first-order chi connectivity index (χ1) is 19.7. The summed E-state index contributed by atoms with van der Waals surface area (Å²) in [5.74, 6) is -2.05. The van der Waals surface area contributed by atoms with Gasteiger partial charge in [-0.3, -0.25) is 4.79 Å². The zero-order valence-electron chi connectivity index (χ0n) is 22.2. The molecule has 1 atom stereocenters. The number of para-hydroxylation sites is 1. The topological polar surface area (TPSA) is 128 Å². The summed E-state index contributed by atoms with van der Waals surface area (Å²) in [7, 11) is 0. The molecule has 0 saturated carbocycles. The molecule has 9 heteroatoms. The molecule has 0 aliphatic heterocycles. The molecule has 0 fully saturated rings. The lowest BCUT2D eigenvalue weighted by Crippen LogP contribution is -2.49. The van der Waals surface area contributed by atoms with Gasteiger partial charge in [0, 0.05) is 50.4 Å². The molecule has 0 aliphatic carbocycles. The van der Waals surface area contributed by atoms with Crippen LogP contribution in [0.4, 0.5) is 0 Å². The van der Waals surface area contributed by atoms with E-state index in [0.29, 0.717) is 32.7 Å². The Kier molecular flexibility index (Phi) is 6.63. The van der Waals surface area contributed by atoms with Crippen LogP contribution in [0.15, 0.2) is 80.7 Å². The average Bonchev–Trinajstić information content (AvgIpc) is 3.56. The molecule has 1 amide bonds. The summed E-state index contributed by atoms with van der Waals surface area (Å²) in [6, 6.07) is 15.4. The molecule has 2 N–H and O–H groups in total. The largest absolute Gasteiger partial charge is 0.548 e. The van der Waals surface area contributed by atoms with Gasteiger partial charge in [0.05, 0.1) is 30.3 Å². The Labute approximate surface area is 238 Å². The first kappa shape index (κ1) is 26.4. The second-order valence-corrected chi connectivity index (χ2v) is 10.5. The number of carbonyl (C=O) groups excluding carboxylic acids is 2. The number of halogens is 1. The number of nitrogens with one attached hydrogen (secondary N) is 2. The number of carbonyl (C=O) groups is 2. The second kappa shape index (κ2) is 10.3. The van der Waals surface area contributed by atoms with Crippen LogP contribution in [0, 0.1) is 13.8 Å². The number of aryl methyl sites for hydroxylation is 2. The summed E-state index contributed by atoms with van der Waals surface area (Å²) >= 11 is 6.06. The van der Waals surface area contributed by atoms with E-state index in [0.717, 1.165) is 33.0 Å². The molecule has 0 spiro atoms. The number of carboxylic acids is 1. The van der Waals surface area contributed by atoms with Gasteiger partial charge in [-0.1, -0.05) is 41.9 Å². The fourth-order valence-corrected chi connectivity index (χ4v) is 5.50. The van der Waals surface area contributed by atoms with Crippen LogP contribution in [0.2, 0.25) is 5.02 Å². The number of rotatable bonds is 7. The van der Waals surface area contributed by atoms with E-state index in [4.69, 9.17) is 20.4 Å². The van der Waals surface area contributed by atoms with Crippen molar-refractivity contribution in [1.29, 1.82) is 0 Å². The Bertz CT molecular complexity index is 2030. The van der Waals surface area contributed by atoms with E-state index in [9.17, 15) is 19.5 Å². The molecule has 8 nitrogen and oxygen atoms in total. The molecule has 3 aromatic heterocycles. The molecule has 41 heavy (non-hydrogen) atoms. The van der Waals surface area contributed by atoms with Gasteiger partial charge in [0.25, 0.3) is 0 Å². The number of fused-ring (bicyclic) bond motifs is 3. The van der Waals surface area contributed by atoms with Crippen molar-refractivity contribution in [2.24, 2.45) is 0 Å². The van der Waals surface area contributed by atoms with Crippen molar-refractivity contribution < 1.29 is 23.5 Å². The second-order valence-electron chi connectivity index (χ2n) is 10.1. The molecular formula is C32H24ClN2O6-. The maximum Gasteiger partial charge on any atom is 0.340 e. The molecule has 6 aromatic rings. The lowest BCUT2D eigenvalue weighted by molar-refractivity contribution is -0.308. The predicted molar refractivity (Wildman–Crippen MR) is 155 cm³/mol. The van der Waals surface area contributed by atoms with Gasteiger partial charge in [0.2, 0.25) is 5.91 Å². The lowest BCUT2D eigenvalue weighted by atomic mass is 9.97. The lowest BCUT2D eigenvalue weighted by Gasteiger charge is -2.20. The highest BCUT2D eigenvalue weighted by Crippen LogP contribution is 2.37. The van der Waals surface area contributed by atoms with E-state index >= 15 is 0 Å². The van der Waals surface area contributed by atoms with Gasteiger partial charge in [-0.15, -0.1) is 0 Å². The average molecular weight is 568 g/mol. The Morgan fingerprint density at radius 3 is 2.51 bits per heavy atom. The smallest absolute Gasteiger partial charge is 0.340 e. The number of carboxylic acid groups (broad SMARTS) is 1. The summed E-state index contributed by atoms with van der Waals surface area (Å²) in [6.45, 7) is 3.56. The fraction of sp³-hybridized carbons (Fsp3) is 0.156. The summed E-state index contributed by atoms with van der Waals surface area (Å²) in [6.07, 6.45) is 3.03. The van der Waals surface area contributed by atoms with Gasteiger partial charge >= 0.3 is 5.63 Å². The first-order valence-corrected chi connectivity index (χ1v) is 13.4. The van der Waals surface area contributed by atoms with E-state index in [1.807, 2.05) is 49.4 Å². The molecule has 3 heterocycles. The Balaban J connectivity index is 1.33. The molecule has 0 bridgehead atoms. The van der Waals surface area contributed by atoms with E-state index in [1.54, 1.807) is 31.5 Å². The molecular weight excluding hydrogens is 544 g/mol. The Morgan fingerprint density at radius 1 is 1.00 bits per heavy atom. The van der Waals surface area contributed by atoms with E-state index in [1.165, 1.54) is 0 Å². The minimum Gasteiger partial charge on any atom is -0.548 e. The highest BCUT2D eigenvalue weighted by molar-refractivity contribution is 6.30. The number of H-pyrrole nitrogens is 1. The van der Waals surface area contributed by atoms with Gasteiger partial charge in [-0.2, -0.15) is 0 Å². The third kappa shape index (κ3) is 4.76. The van der Waals surface area contributed by atoms with Crippen molar-refractivity contribution in [3.8, 4) is 11.1 Å². The zero-order chi connectivity index (χ0) is 28.8. The minimum atomic E-state index is -1.42. The normalized spacial score (nSPS) is 12.3. The van der Waals surface area contributed by atoms with Crippen LogP contribution in [0.25, 0.3) is 44.0 Å². The van der Waals surface area contributed by atoms with Gasteiger partial charge in [-0.25, -0.2) is 4.79 Å². The molecule has 0 saturated heterocycles. The predicted octanol–water partition coefficient (Wildman–Crippen LogP) is 4.98. The number of aliphatic carboxylic acids is 1. The number of aromatic amines is 1. The molecule has 0 aliphatic rings. The van der Waals surface area contributed by atoms with Crippen molar-refractivity contribution >= 4 is 56.3 Å². The Hall–Kier alpha value is -4.82. The van der Waals surface area contributed by atoms with Crippen LogP contribution in [0.1, 0.15) is 22.3 Å². The maximum atomic E-state index is 13.0. The maximum absolute atomic E-state index is 13.0. The van der Waals surface area contributed by atoms with Crippen LogP contribution in [0.5, 0.6) is 0 Å². The highest BCUT2D eigenvalue weighted by Gasteiger charge is 2.22. The summed E-state index contributed by atoms with van der Waals surface area (Å²) in [4.78, 5) is 41.1. The number of hydrogen-bond acceptors (Lipinski definition) is 6. The van der Waals surface area contributed by atoms with Gasteiger partial charge in [0.15, 0.2) is 0 Å². The van der Waals surface area contributed by atoms with Gasteiger partial charge in [-0.05, 0) is 54.8 Å². The first-order valence-electron chi connectivity index (χ1n) is 13.0. The third-order valence-corrected chi connectivity index (χ3v) is 7.80. The quantitative estimate of drug-likeness (QED) is 0.262. The number of hydrogen-bond donors (Lipinski definition) is 2. The van der Waals surface area contributed by atoms with Crippen molar-refractivity contribution in [2.75, 3.05) is 0 Å². The summed E-state index contributed by atoms with van der Waals surface area (Å²) in [5, 5.41) is 17.4. The zero-order valence-corrected chi connectivity index (χ0v) is 22.9. The molecule has 0 unspecified atom stereocenters. The Morgan fingerprint density at radius 2 is 1.76 bits per heavy atom. The number of benzene rings is 3. The third-order valence-electron chi connectivity index (χ3n) is 7.55. The van der Waals surface area contributed by atoms with Crippen LogP contribution < -0.4 is 16.0 Å². The van der Waals surface area contributed by atoms with Crippen molar-refractivity contribution in [3.63, 3.8) is 0 Å². The van der Waals surface area contributed by atoms with Crippen molar-refractivity contribution in [1.82, 2.24) is 10.3 Å². The molecule has 206 valence electrons. The molecule has 0 radical (unpaired) electrons.